The fraction of sp³-hybridized carbons (Fsp3) is 0.875. The quantitative estimate of drug-likeness (QED) is 0.794. The number of thioether (sulfide) groups is 1. The van der Waals surface area contributed by atoms with Gasteiger partial charge in [0.25, 0.3) is 0 Å². The lowest BCUT2D eigenvalue weighted by atomic mass is 10.2. The summed E-state index contributed by atoms with van der Waals surface area (Å²) in [5.74, 6) is 0. The minimum atomic E-state index is -4.37. The summed E-state index contributed by atoms with van der Waals surface area (Å²) in [6.07, 6.45) is -2.50. The van der Waals surface area contributed by atoms with E-state index >= 15 is 0 Å². The van der Waals surface area contributed by atoms with Gasteiger partial charge in [-0.2, -0.15) is 24.9 Å². The molecule has 0 unspecified atom stereocenters. The lowest BCUT2D eigenvalue weighted by Crippen LogP contribution is -2.44. The van der Waals surface area contributed by atoms with Gasteiger partial charge >= 0.3 is 12.2 Å². The van der Waals surface area contributed by atoms with Crippen LogP contribution in [0.4, 0.5) is 18.0 Å². The Labute approximate surface area is 91.2 Å². The normalized spacial score (nSPS) is 12.4. The first-order valence-corrected chi connectivity index (χ1v) is 5.52. The van der Waals surface area contributed by atoms with Crippen LogP contribution < -0.4 is 10.6 Å². The van der Waals surface area contributed by atoms with Gasteiger partial charge in [-0.15, -0.1) is 0 Å². The average Bonchev–Trinajstić information content (AvgIpc) is 2.10. The predicted octanol–water partition coefficient (Wildman–Crippen LogP) is 1.99. The second kappa shape index (κ2) is 5.48. The van der Waals surface area contributed by atoms with Crippen molar-refractivity contribution < 1.29 is 18.0 Å². The van der Waals surface area contributed by atoms with Crippen molar-refractivity contribution in [3.63, 3.8) is 0 Å². The van der Waals surface area contributed by atoms with Gasteiger partial charge in [0.05, 0.1) is 0 Å². The van der Waals surface area contributed by atoms with Crippen LogP contribution >= 0.6 is 11.8 Å². The SMILES string of the molecule is CSC(C)(C)CNC(=O)NCC(F)(F)F. The first-order chi connectivity index (χ1) is 6.66. The van der Waals surface area contributed by atoms with E-state index in [4.69, 9.17) is 0 Å². The molecule has 0 fully saturated rings. The zero-order valence-corrected chi connectivity index (χ0v) is 9.68. The van der Waals surface area contributed by atoms with E-state index in [0.717, 1.165) is 0 Å². The van der Waals surface area contributed by atoms with E-state index in [2.05, 4.69) is 5.32 Å². The van der Waals surface area contributed by atoms with Crippen molar-refractivity contribution >= 4 is 17.8 Å². The van der Waals surface area contributed by atoms with Crippen molar-refractivity contribution in [1.82, 2.24) is 10.6 Å². The minimum absolute atomic E-state index is 0.185. The molecule has 7 heteroatoms. The molecule has 0 spiro atoms. The standard InChI is InChI=1S/C8H15F3N2OS/c1-7(2,15-3)4-12-6(14)13-5-8(9,10)11/h4-5H2,1-3H3,(H2,12,13,14). The van der Waals surface area contributed by atoms with Gasteiger partial charge in [-0.25, -0.2) is 4.79 Å². The zero-order valence-electron chi connectivity index (χ0n) is 8.86. The summed E-state index contributed by atoms with van der Waals surface area (Å²) in [6.45, 7) is 2.79. The highest BCUT2D eigenvalue weighted by Crippen LogP contribution is 2.19. The van der Waals surface area contributed by atoms with E-state index in [1.54, 1.807) is 5.32 Å². The first-order valence-electron chi connectivity index (χ1n) is 4.30. The number of carbonyl (C=O) groups excluding carboxylic acids is 1. The van der Waals surface area contributed by atoms with Crippen LogP contribution in [0, 0.1) is 0 Å². The molecule has 0 aliphatic heterocycles. The number of halogens is 3. The smallest absolute Gasteiger partial charge is 0.337 e. The average molecular weight is 244 g/mol. The fourth-order valence-electron chi connectivity index (χ4n) is 0.608. The lowest BCUT2D eigenvalue weighted by Gasteiger charge is -2.22. The Morgan fingerprint density at radius 1 is 1.20 bits per heavy atom. The highest BCUT2D eigenvalue weighted by molar-refractivity contribution is 7.99. The molecule has 0 aromatic carbocycles. The molecule has 0 bridgehead atoms. The van der Waals surface area contributed by atoms with Crippen LogP contribution in [0.2, 0.25) is 0 Å². The number of nitrogens with one attached hydrogen (secondary N) is 2. The maximum atomic E-state index is 11.7. The monoisotopic (exact) mass is 244 g/mol. The molecule has 0 atom stereocenters. The van der Waals surface area contributed by atoms with E-state index in [1.165, 1.54) is 11.8 Å². The molecule has 0 heterocycles. The van der Waals surface area contributed by atoms with Crippen molar-refractivity contribution in [2.24, 2.45) is 0 Å². The summed E-state index contributed by atoms with van der Waals surface area (Å²) in [5, 5.41) is 4.11. The molecule has 0 rings (SSSR count). The van der Waals surface area contributed by atoms with Gasteiger partial charge in [-0.1, -0.05) is 0 Å². The van der Waals surface area contributed by atoms with Gasteiger partial charge < -0.3 is 10.6 Å². The molecule has 0 aliphatic carbocycles. The van der Waals surface area contributed by atoms with Crippen molar-refractivity contribution in [2.75, 3.05) is 19.3 Å². The summed E-state index contributed by atoms with van der Waals surface area (Å²) in [6, 6.07) is -0.797. The number of rotatable bonds is 4. The molecule has 90 valence electrons. The van der Waals surface area contributed by atoms with Crippen molar-refractivity contribution in [3.8, 4) is 0 Å². The third-order valence-electron chi connectivity index (χ3n) is 1.68. The number of urea groups is 1. The summed E-state index contributed by atoms with van der Waals surface area (Å²) in [5.41, 5.74) is 0. The molecule has 0 aliphatic rings. The van der Waals surface area contributed by atoms with Crippen LogP contribution in [0.15, 0.2) is 0 Å². The second-order valence-electron chi connectivity index (χ2n) is 3.62. The maximum absolute atomic E-state index is 11.7. The highest BCUT2D eigenvalue weighted by Gasteiger charge is 2.28. The topological polar surface area (TPSA) is 41.1 Å². The molecule has 0 radical (unpaired) electrons. The Bertz CT molecular complexity index is 218. The molecule has 15 heavy (non-hydrogen) atoms. The second-order valence-corrected chi connectivity index (χ2v) is 5.13. The van der Waals surface area contributed by atoms with Crippen LogP contribution in [-0.2, 0) is 0 Å². The van der Waals surface area contributed by atoms with Crippen molar-refractivity contribution in [1.29, 1.82) is 0 Å². The Kier molecular flexibility index (Phi) is 5.27. The number of alkyl halides is 3. The van der Waals surface area contributed by atoms with Crippen LogP contribution in [0.5, 0.6) is 0 Å². The molecule has 0 saturated heterocycles. The van der Waals surface area contributed by atoms with Crippen LogP contribution in [0.3, 0.4) is 0 Å². The van der Waals surface area contributed by atoms with Crippen LogP contribution in [0.25, 0.3) is 0 Å². The molecular formula is C8H15F3N2OS. The summed E-state index contributed by atoms with van der Waals surface area (Å²) >= 11 is 1.53. The number of amides is 2. The van der Waals surface area contributed by atoms with Crippen LogP contribution in [0.1, 0.15) is 13.8 Å². The number of hydrogen-bond acceptors (Lipinski definition) is 2. The molecule has 0 aromatic rings. The van der Waals surface area contributed by atoms with Crippen LogP contribution in [-0.4, -0.2) is 36.3 Å². The molecule has 3 nitrogen and oxygen atoms in total. The van der Waals surface area contributed by atoms with Gasteiger partial charge in [0.1, 0.15) is 6.54 Å². The van der Waals surface area contributed by atoms with Crippen molar-refractivity contribution in [3.05, 3.63) is 0 Å². The van der Waals surface area contributed by atoms with Gasteiger partial charge in [0.15, 0.2) is 0 Å². The summed E-state index contributed by atoms with van der Waals surface area (Å²) in [7, 11) is 0. The van der Waals surface area contributed by atoms with Crippen molar-refractivity contribution in [2.45, 2.75) is 24.8 Å². The van der Waals surface area contributed by atoms with Gasteiger partial charge in [0.2, 0.25) is 0 Å². The molecular weight excluding hydrogens is 229 g/mol. The summed E-state index contributed by atoms with van der Waals surface area (Å²) in [4.78, 5) is 10.9. The van der Waals surface area contributed by atoms with Gasteiger partial charge in [0, 0.05) is 11.3 Å². The maximum Gasteiger partial charge on any atom is 0.405 e. The number of carbonyl (C=O) groups is 1. The van der Waals surface area contributed by atoms with E-state index in [1.807, 2.05) is 20.1 Å². The molecule has 2 N–H and O–H groups in total. The Morgan fingerprint density at radius 3 is 2.07 bits per heavy atom. The van der Waals surface area contributed by atoms with E-state index in [9.17, 15) is 18.0 Å². The molecule has 0 aromatic heterocycles. The first kappa shape index (κ1) is 14.4. The van der Waals surface area contributed by atoms with E-state index in [-0.39, 0.29) is 4.75 Å². The zero-order chi connectivity index (χ0) is 12.1. The summed E-state index contributed by atoms with van der Waals surface area (Å²) < 4.78 is 34.9. The third-order valence-corrected chi connectivity index (χ3v) is 2.93. The van der Waals surface area contributed by atoms with Gasteiger partial charge in [-0.05, 0) is 20.1 Å². The highest BCUT2D eigenvalue weighted by atomic mass is 32.2. The van der Waals surface area contributed by atoms with E-state index in [0.29, 0.717) is 6.54 Å². The Morgan fingerprint density at radius 2 is 1.67 bits per heavy atom. The minimum Gasteiger partial charge on any atom is -0.337 e. The predicted molar refractivity (Wildman–Crippen MR) is 55.1 cm³/mol. The molecule has 0 saturated carbocycles. The largest absolute Gasteiger partial charge is 0.405 e. The fourth-order valence-corrected chi connectivity index (χ4v) is 0.825. The van der Waals surface area contributed by atoms with Gasteiger partial charge in [-0.3, -0.25) is 0 Å². The van der Waals surface area contributed by atoms with E-state index < -0.39 is 18.8 Å². The third kappa shape index (κ3) is 8.41. The lowest BCUT2D eigenvalue weighted by molar-refractivity contribution is -0.122. The Hall–Kier alpha value is -0.590. The number of hydrogen-bond donors (Lipinski definition) is 2. The molecule has 2 amide bonds. The Balaban J connectivity index is 3.77.